The average molecular weight is 408 g/mol. The summed E-state index contributed by atoms with van der Waals surface area (Å²) < 4.78 is 22.9. The molecule has 4 rings (SSSR count). The van der Waals surface area contributed by atoms with Crippen LogP contribution in [0.15, 0.2) is 63.8 Å². The predicted molar refractivity (Wildman–Crippen MR) is 107 cm³/mol. The Balaban J connectivity index is 1.90. The minimum atomic E-state index is -1.05. The normalized spacial score (nSPS) is 19.4. The fourth-order valence-electron chi connectivity index (χ4n) is 3.61. The van der Waals surface area contributed by atoms with Crippen LogP contribution in [0.3, 0.4) is 0 Å². The van der Waals surface area contributed by atoms with E-state index in [2.05, 4.69) is 0 Å². The Hall–Kier alpha value is -3.61. The van der Waals surface area contributed by atoms with Crippen LogP contribution in [0.5, 0.6) is 5.75 Å². The first-order valence-corrected chi connectivity index (χ1v) is 9.45. The fraction of sp³-hybridized carbons (Fsp3) is 0.261. The Morgan fingerprint density at radius 2 is 1.67 bits per heavy atom. The Labute approximate surface area is 172 Å². The number of ether oxygens (including phenoxy) is 3. The molecule has 3 aromatic rings. The number of carbonyl (C=O) groups excluding carboxylic acids is 2. The largest absolute Gasteiger partial charge is 0.483 e. The summed E-state index contributed by atoms with van der Waals surface area (Å²) in [4.78, 5) is 36.6. The van der Waals surface area contributed by atoms with Crippen molar-refractivity contribution in [3.05, 3.63) is 76.1 Å². The Morgan fingerprint density at radius 3 is 2.37 bits per heavy atom. The lowest BCUT2D eigenvalue weighted by molar-refractivity contribution is -0.175. The van der Waals surface area contributed by atoms with Crippen LogP contribution < -0.4 is 10.4 Å². The number of hydrogen-bond acceptors (Lipinski definition) is 7. The quantitative estimate of drug-likeness (QED) is 0.481. The number of fused-ring (bicyclic) bond motifs is 3. The van der Waals surface area contributed by atoms with E-state index in [0.717, 1.165) is 0 Å². The molecule has 1 aliphatic heterocycles. The van der Waals surface area contributed by atoms with Crippen molar-refractivity contribution in [1.29, 1.82) is 0 Å². The molecule has 30 heavy (non-hydrogen) atoms. The van der Waals surface area contributed by atoms with Crippen molar-refractivity contribution in [2.75, 3.05) is 0 Å². The van der Waals surface area contributed by atoms with Gasteiger partial charge in [0.05, 0.1) is 11.1 Å². The molecule has 2 heterocycles. The molecule has 2 aromatic carbocycles. The zero-order valence-corrected chi connectivity index (χ0v) is 16.7. The van der Waals surface area contributed by atoms with Gasteiger partial charge in [-0.25, -0.2) is 9.59 Å². The van der Waals surface area contributed by atoms with Crippen LogP contribution in [-0.2, 0) is 14.3 Å². The van der Waals surface area contributed by atoms with Gasteiger partial charge in [-0.3, -0.25) is 4.79 Å². The van der Waals surface area contributed by atoms with E-state index in [-0.39, 0.29) is 5.58 Å². The average Bonchev–Trinajstić information content (AvgIpc) is 2.70. The van der Waals surface area contributed by atoms with Crippen LogP contribution >= 0.6 is 0 Å². The molecule has 1 aromatic heterocycles. The zero-order chi connectivity index (χ0) is 21.5. The van der Waals surface area contributed by atoms with E-state index < -0.39 is 35.4 Å². The van der Waals surface area contributed by atoms with Gasteiger partial charge in [-0.2, -0.15) is 0 Å². The van der Waals surface area contributed by atoms with Gasteiger partial charge in [-0.15, -0.1) is 0 Å². The van der Waals surface area contributed by atoms with Gasteiger partial charge in [0.1, 0.15) is 16.9 Å². The maximum absolute atomic E-state index is 12.9. The van der Waals surface area contributed by atoms with Crippen molar-refractivity contribution in [2.24, 2.45) is 0 Å². The highest BCUT2D eigenvalue weighted by Gasteiger charge is 2.49. The van der Waals surface area contributed by atoms with E-state index in [4.69, 9.17) is 18.6 Å². The minimum absolute atomic E-state index is 0.221. The van der Waals surface area contributed by atoms with Crippen molar-refractivity contribution in [1.82, 2.24) is 0 Å². The van der Waals surface area contributed by atoms with E-state index in [1.165, 1.54) is 13.0 Å². The van der Waals surface area contributed by atoms with E-state index in [1.54, 1.807) is 62.4 Å². The maximum atomic E-state index is 12.9. The first kappa shape index (κ1) is 19.7. The van der Waals surface area contributed by atoms with Crippen LogP contribution in [0.2, 0.25) is 0 Å². The molecule has 1 aliphatic rings. The molecular weight excluding hydrogens is 388 g/mol. The SMILES string of the molecule is CC(=O)O[C@H]1[C@H](OC(=O)c2ccccc2)c2c(ccc3ccc(=O)oc23)OC1(C)C. The van der Waals surface area contributed by atoms with E-state index in [1.807, 2.05) is 0 Å². The lowest BCUT2D eigenvalue weighted by Gasteiger charge is -2.43. The first-order chi connectivity index (χ1) is 14.3. The van der Waals surface area contributed by atoms with Gasteiger partial charge in [0.15, 0.2) is 12.2 Å². The summed E-state index contributed by atoms with van der Waals surface area (Å²) in [5.74, 6) is -0.768. The summed E-state index contributed by atoms with van der Waals surface area (Å²) in [6.45, 7) is 4.74. The molecule has 0 saturated carbocycles. The molecular formula is C23H20O7. The third-order valence-corrected chi connectivity index (χ3v) is 4.94. The van der Waals surface area contributed by atoms with Gasteiger partial charge < -0.3 is 18.6 Å². The second-order valence-corrected chi connectivity index (χ2v) is 7.58. The molecule has 0 amide bonds. The second kappa shape index (κ2) is 7.33. The van der Waals surface area contributed by atoms with Crippen LogP contribution in [0.25, 0.3) is 11.0 Å². The topological polar surface area (TPSA) is 92.0 Å². The monoisotopic (exact) mass is 408 g/mol. The van der Waals surface area contributed by atoms with E-state index in [0.29, 0.717) is 22.3 Å². The van der Waals surface area contributed by atoms with Crippen LogP contribution in [0.1, 0.15) is 42.8 Å². The van der Waals surface area contributed by atoms with Crippen molar-refractivity contribution in [3.63, 3.8) is 0 Å². The number of carbonyl (C=O) groups is 2. The lowest BCUT2D eigenvalue weighted by atomic mass is 9.87. The summed E-state index contributed by atoms with van der Waals surface area (Å²) in [5, 5.41) is 0.624. The molecule has 0 unspecified atom stereocenters. The third kappa shape index (κ3) is 3.54. The number of rotatable bonds is 3. The molecule has 7 nitrogen and oxygen atoms in total. The number of esters is 2. The van der Waals surface area contributed by atoms with Gasteiger partial charge in [0.2, 0.25) is 0 Å². The summed E-state index contributed by atoms with van der Waals surface area (Å²) in [6.07, 6.45) is -2.01. The fourth-order valence-corrected chi connectivity index (χ4v) is 3.61. The molecule has 154 valence electrons. The predicted octanol–water partition coefficient (Wildman–Crippen LogP) is 3.79. The highest BCUT2D eigenvalue weighted by molar-refractivity contribution is 5.90. The van der Waals surface area contributed by atoms with Gasteiger partial charge in [-0.1, -0.05) is 18.2 Å². The van der Waals surface area contributed by atoms with Crippen LogP contribution in [0.4, 0.5) is 0 Å². The summed E-state index contributed by atoms with van der Waals surface area (Å²) in [7, 11) is 0. The van der Waals surface area contributed by atoms with Crippen molar-refractivity contribution in [3.8, 4) is 5.75 Å². The molecule has 0 spiro atoms. The number of hydrogen-bond donors (Lipinski definition) is 0. The molecule has 0 bridgehead atoms. The molecule has 0 N–H and O–H groups in total. The molecule has 0 saturated heterocycles. The van der Waals surface area contributed by atoms with Gasteiger partial charge >= 0.3 is 17.6 Å². The van der Waals surface area contributed by atoms with Crippen molar-refractivity contribution in [2.45, 2.75) is 38.6 Å². The van der Waals surface area contributed by atoms with Crippen molar-refractivity contribution >= 4 is 22.9 Å². The van der Waals surface area contributed by atoms with Crippen LogP contribution in [-0.4, -0.2) is 23.6 Å². The van der Waals surface area contributed by atoms with Gasteiger partial charge in [0, 0.05) is 18.4 Å². The van der Waals surface area contributed by atoms with E-state index in [9.17, 15) is 14.4 Å². The Bertz CT molecular complexity index is 1180. The summed E-state index contributed by atoms with van der Waals surface area (Å²) in [6, 6.07) is 14.8. The summed E-state index contributed by atoms with van der Waals surface area (Å²) in [5.41, 5.74) is -0.661. The molecule has 0 fully saturated rings. The molecule has 0 aliphatic carbocycles. The smallest absolute Gasteiger partial charge is 0.338 e. The third-order valence-electron chi connectivity index (χ3n) is 4.94. The lowest BCUT2D eigenvalue weighted by Crippen LogP contribution is -2.52. The van der Waals surface area contributed by atoms with Crippen molar-refractivity contribution < 1.29 is 28.2 Å². The highest BCUT2D eigenvalue weighted by atomic mass is 16.6. The van der Waals surface area contributed by atoms with Crippen LogP contribution in [0, 0.1) is 0 Å². The second-order valence-electron chi connectivity index (χ2n) is 7.58. The maximum Gasteiger partial charge on any atom is 0.338 e. The Kier molecular flexibility index (Phi) is 4.81. The van der Waals surface area contributed by atoms with Gasteiger partial charge in [-0.05, 0) is 44.2 Å². The molecule has 7 heteroatoms. The standard InChI is InChI=1S/C23H20O7/c1-13(24)27-21-20(29-22(26)15-7-5-4-6-8-15)18-16(30-23(21,2)3)11-9-14-10-12-17(25)28-19(14)18/h4-12,20-21H,1-3H3/t20-,21+/m1/s1. The minimum Gasteiger partial charge on any atom is -0.483 e. The molecule has 2 atom stereocenters. The molecule has 0 radical (unpaired) electrons. The summed E-state index contributed by atoms with van der Waals surface area (Å²) >= 11 is 0. The Morgan fingerprint density at radius 1 is 0.967 bits per heavy atom. The highest BCUT2D eigenvalue weighted by Crippen LogP contribution is 2.46. The van der Waals surface area contributed by atoms with E-state index >= 15 is 0 Å². The first-order valence-electron chi connectivity index (χ1n) is 9.45. The number of benzene rings is 2. The van der Waals surface area contributed by atoms with Gasteiger partial charge in [0.25, 0.3) is 0 Å². The zero-order valence-electron chi connectivity index (χ0n) is 16.7.